The van der Waals surface area contributed by atoms with E-state index in [0.29, 0.717) is 28.6 Å². The average Bonchev–Trinajstić information content (AvgIpc) is 2.79. The third-order valence-corrected chi connectivity index (χ3v) is 5.48. The number of nitroso groups, excluding NO2 is 1. The molecule has 2 aromatic heterocycles. The Morgan fingerprint density at radius 1 is 0.906 bits per heavy atom. The standard InChI is InChI=1S/C25H24N2O5/c1-3-11-27(12-4-2)15-20-21(26-30)10-9-17-18(14-23(28)32-24(17)20)19-13-16-7-5-6-8-22(16)31-25(19)29/h5-10,13-14H,3-4,11-12,15H2,1-2H3. The monoisotopic (exact) mass is 432 g/mol. The van der Waals surface area contributed by atoms with E-state index in [-0.39, 0.29) is 16.8 Å². The third kappa shape index (κ3) is 4.11. The molecule has 0 unspecified atom stereocenters. The maximum absolute atomic E-state index is 12.8. The molecule has 0 radical (unpaired) electrons. The van der Waals surface area contributed by atoms with Crippen molar-refractivity contribution in [1.29, 1.82) is 0 Å². The van der Waals surface area contributed by atoms with Crippen molar-refractivity contribution in [2.45, 2.75) is 33.2 Å². The summed E-state index contributed by atoms with van der Waals surface area (Å²) in [5, 5.41) is 4.47. The Labute approximate surface area is 184 Å². The summed E-state index contributed by atoms with van der Waals surface area (Å²) < 4.78 is 11.0. The van der Waals surface area contributed by atoms with Crippen LogP contribution < -0.4 is 11.3 Å². The Morgan fingerprint density at radius 2 is 1.66 bits per heavy atom. The van der Waals surface area contributed by atoms with Crippen LogP contribution in [0.2, 0.25) is 0 Å². The zero-order valence-corrected chi connectivity index (χ0v) is 18.1. The second-order valence-corrected chi connectivity index (χ2v) is 7.77. The first-order valence-electron chi connectivity index (χ1n) is 10.7. The SMILES string of the molecule is CCCN(CCC)Cc1c(N=O)ccc2c(-c3cc4ccccc4oc3=O)cc(=O)oc12. The van der Waals surface area contributed by atoms with Crippen LogP contribution in [0.5, 0.6) is 0 Å². The second-order valence-electron chi connectivity index (χ2n) is 7.77. The molecule has 0 saturated carbocycles. The molecule has 0 fully saturated rings. The first-order chi connectivity index (χ1) is 15.5. The summed E-state index contributed by atoms with van der Waals surface area (Å²) in [5.74, 6) is 0. The van der Waals surface area contributed by atoms with E-state index < -0.39 is 11.3 Å². The molecular weight excluding hydrogens is 408 g/mol. The minimum Gasteiger partial charge on any atom is -0.422 e. The van der Waals surface area contributed by atoms with Crippen molar-refractivity contribution in [3.8, 4) is 11.1 Å². The van der Waals surface area contributed by atoms with Crippen LogP contribution in [-0.4, -0.2) is 18.0 Å². The molecule has 0 spiro atoms. The lowest BCUT2D eigenvalue weighted by atomic mass is 9.99. The molecule has 164 valence electrons. The normalized spacial score (nSPS) is 11.5. The summed E-state index contributed by atoms with van der Waals surface area (Å²) in [6, 6.07) is 13.4. The molecule has 0 amide bonds. The molecule has 2 aromatic carbocycles. The zero-order valence-electron chi connectivity index (χ0n) is 18.1. The summed E-state index contributed by atoms with van der Waals surface area (Å²) >= 11 is 0. The van der Waals surface area contributed by atoms with Gasteiger partial charge >= 0.3 is 11.3 Å². The highest BCUT2D eigenvalue weighted by Crippen LogP contribution is 2.34. The molecule has 0 N–H and O–H groups in total. The van der Waals surface area contributed by atoms with Crippen molar-refractivity contribution in [3.63, 3.8) is 0 Å². The van der Waals surface area contributed by atoms with E-state index in [0.717, 1.165) is 31.3 Å². The van der Waals surface area contributed by atoms with Crippen molar-refractivity contribution in [1.82, 2.24) is 4.90 Å². The molecule has 0 aliphatic rings. The number of benzene rings is 2. The quantitative estimate of drug-likeness (QED) is 0.266. The van der Waals surface area contributed by atoms with Gasteiger partial charge < -0.3 is 8.83 Å². The average molecular weight is 432 g/mol. The summed E-state index contributed by atoms with van der Waals surface area (Å²) in [6.45, 7) is 6.25. The Morgan fingerprint density at radius 3 is 2.38 bits per heavy atom. The van der Waals surface area contributed by atoms with Crippen LogP contribution >= 0.6 is 0 Å². The Kier molecular flexibility index (Phi) is 6.28. The van der Waals surface area contributed by atoms with Gasteiger partial charge in [0.05, 0.1) is 5.56 Å². The summed E-state index contributed by atoms with van der Waals surface area (Å²) in [6.07, 6.45) is 1.89. The van der Waals surface area contributed by atoms with Crippen LogP contribution in [-0.2, 0) is 6.54 Å². The topological polar surface area (TPSA) is 93.1 Å². The molecule has 4 aromatic rings. The van der Waals surface area contributed by atoms with Crippen molar-refractivity contribution in [3.05, 3.63) is 79.8 Å². The lowest BCUT2D eigenvalue weighted by Gasteiger charge is -2.22. The van der Waals surface area contributed by atoms with Crippen molar-refractivity contribution in [2.75, 3.05) is 13.1 Å². The fourth-order valence-corrected chi connectivity index (χ4v) is 4.11. The zero-order chi connectivity index (χ0) is 22.7. The second kappa shape index (κ2) is 9.28. The van der Waals surface area contributed by atoms with Gasteiger partial charge in [0.1, 0.15) is 16.9 Å². The van der Waals surface area contributed by atoms with E-state index in [9.17, 15) is 14.5 Å². The molecular formula is C25H24N2O5. The van der Waals surface area contributed by atoms with Gasteiger partial charge in [0.15, 0.2) is 0 Å². The molecule has 32 heavy (non-hydrogen) atoms. The predicted molar refractivity (Wildman–Crippen MR) is 125 cm³/mol. The van der Waals surface area contributed by atoms with Crippen LogP contribution in [0.3, 0.4) is 0 Å². The Balaban J connectivity index is 1.97. The smallest absolute Gasteiger partial charge is 0.344 e. The van der Waals surface area contributed by atoms with Crippen LogP contribution in [0.1, 0.15) is 32.3 Å². The molecule has 7 heteroatoms. The van der Waals surface area contributed by atoms with Crippen molar-refractivity contribution in [2.24, 2.45) is 5.18 Å². The van der Waals surface area contributed by atoms with Crippen LogP contribution in [0.25, 0.3) is 33.1 Å². The fraction of sp³-hybridized carbons (Fsp3) is 0.280. The summed E-state index contributed by atoms with van der Waals surface area (Å²) in [4.78, 5) is 39.0. The van der Waals surface area contributed by atoms with E-state index >= 15 is 0 Å². The van der Waals surface area contributed by atoms with E-state index in [1.807, 2.05) is 12.1 Å². The van der Waals surface area contributed by atoms with E-state index in [1.54, 1.807) is 30.3 Å². The number of hydrogen-bond donors (Lipinski definition) is 0. The first kappa shape index (κ1) is 21.6. The van der Waals surface area contributed by atoms with E-state index in [1.165, 1.54) is 6.07 Å². The Bertz CT molecular complexity index is 1400. The van der Waals surface area contributed by atoms with Crippen LogP contribution in [0.4, 0.5) is 5.69 Å². The molecule has 7 nitrogen and oxygen atoms in total. The summed E-state index contributed by atoms with van der Waals surface area (Å²) in [5.41, 5.74) is 1.02. The van der Waals surface area contributed by atoms with Gasteiger partial charge in [-0.25, -0.2) is 9.59 Å². The number of rotatable bonds is 8. The van der Waals surface area contributed by atoms with Crippen LogP contribution in [0, 0.1) is 4.91 Å². The predicted octanol–water partition coefficient (Wildman–Crippen LogP) is 5.59. The van der Waals surface area contributed by atoms with Crippen molar-refractivity contribution >= 4 is 27.6 Å². The highest BCUT2D eigenvalue weighted by atomic mass is 16.4. The summed E-state index contributed by atoms with van der Waals surface area (Å²) in [7, 11) is 0. The van der Waals surface area contributed by atoms with Gasteiger partial charge in [-0.1, -0.05) is 32.0 Å². The molecule has 0 aliphatic carbocycles. The first-order valence-corrected chi connectivity index (χ1v) is 10.7. The molecule has 4 rings (SSSR count). The van der Waals surface area contributed by atoms with Gasteiger partial charge in [-0.05, 0) is 55.4 Å². The minimum absolute atomic E-state index is 0.223. The maximum atomic E-state index is 12.8. The van der Waals surface area contributed by atoms with Gasteiger partial charge in [-0.15, -0.1) is 4.91 Å². The number of nitrogens with zero attached hydrogens (tertiary/aromatic N) is 2. The molecule has 0 bridgehead atoms. The van der Waals surface area contributed by atoms with E-state index in [4.69, 9.17) is 8.83 Å². The number of fused-ring (bicyclic) bond motifs is 2. The van der Waals surface area contributed by atoms with Crippen LogP contribution in [0.15, 0.2) is 72.1 Å². The molecule has 0 atom stereocenters. The van der Waals surface area contributed by atoms with Gasteiger partial charge in [0.25, 0.3) is 0 Å². The number of para-hydroxylation sites is 1. The van der Waals surface area contributed by atoms with Gasteiger partial charge in [-0.2, -0.15) is 0 Å². The third-order valence-electron chi connectivity index (χ3n) is 5.48. The van der Waals surface area contributed by atoms with Gasteiger partial charge in [0, 0.05) is 34.5 Å². The highest BCUT2D eigenvalue weighted by molar-refractivity contribution is 5.97. The largest absolute Gasteiger partial charge is 0.422 e. The lowest BCUT2D eigenvalue weighted by Crippen LogP contribution is -2.25. The molecule has 2 heterocycles. The lowest BCUT2D eigenvalue weighted by molar-refractivity contribution is 0.266. The molecule has 0 aliphatic heterocycles. The van der Waals surface area contributed by atoms with Crippen molar-refractivity contribution < 1.29 is 8.83 Å². The maximum Gasteiger partial charge on any atom is 0.344 e. The van der Waals surface area contributed by atoms with Gasteiger partial charge in [0.2, 0.25) is 0 Å². The Hall–Kier alpha value is -3.58. The van der Waals surface area contributed by atoms with Gasteiger partial charge in [-0.3, -0.25) is 4.90 Å². The highest BCUT2D eigenvalue weighted by Gasteiger charge is 2.20. The minimum atomic E-state index is -0.609. The van der Waals surface area contributed by atoms with E-state index in [2.05, 4.69) is 23.9 Å². The fourth-order valence-electron chi connectivity index (χ4n) is 4.11. The molecule has 0 saturated heterocycles. The number of hydrogen-bond acceptors (Lipinski definition) is 7.